The Labute approximate surface area is 193 Å². The standard InChI is InChI=1S/C25H25FN4O2S/c1-4-16(2)18-9-12-20(13-10-18)27-24-25(29-22-8-6-5-7-21(22)28-24)30-33(31,32)23-14-11-19(26)15-17(23)3/h5-16H,4H2,1-3H3,(H,27,28)(H,29,30)/t16-/m1/s1. The highest BCUT2D eigenvalue weighted by atomic mass is 32.2. The van der Waals surface area contributed by atoms with Gasteiger partial charge in [0.25, 0.3) is 10.0 Å². The van der Waals surface area contributed by atoms with Crippen molar-refractivity contribution in [2.24, 2.45) is 0 Å². The van der Waals surface area contributed by atoms with Crippen LogP contribution in [-0.4, -0.2) is 18.4 Å². The first-order valence-corrected chi connectivity index (χ1v) is 12.2. The van der Waals surface area contributed by atoms with E-state index in [1.807, 2.05) is 36.4 Å². The van der Waals surface area contributed by atoms with Gasteiger partial charge in [0.2, 0.25) is 0 Å². The summed E-state index contributed by atoms with van der Waals surface area (Å²) in [6.07, 6.45) is 1.04. The van der Waals surface area contributed by atoms with E-state index in [1.165, 1.54) is 17.7 Å². The van der Waals surface area contributed by atoms with E-state index in [-0.39, 0.29) is 16.5 Å². The minimum absolute atomic E-state index is 0.0253. The van der Waals surface area contributed by atoms with Crippen molar-refractivity contribution in [2.75, 3.05) is 10.0 Å². The third-order valence-electron chi connectivity index (χ3n) is 5.58. The largest absolute Gasteiger partial charge is 0.337 e. The lowest BCUT2D eigenvalue weighted by Gasteiger charge is -2.15. The monoisotopic (exact) mass is 464 g/mol. The van der Waals surface area contributed by atoms with Gasteiger partial charge in [0.15, 0.2) is 11.6 Å². The zero-order valence-electron chi connectivity index (χ0n) is 18.6. The number of nitrogens with zero attached hydrogens (tertiary/aromatic N) is 2. The van der Waals surface area contributed by atoms with Crippen molar-refractivity contribution >= 4 is 38.4 Å². The second-order valence-electron chi connectivity index (χ2n) is 7.98. The summed E-state index contributed by atoms with van der Waals surface area (Å²) in [7, 11) is -4.02. The fraction of sp³-hybridized carbons (Fsp3) is 0.200. The number of aromatic nitrogens is 2. The van der Waals surface area contributed by atoms with Crippen LogP contribution in [0.3, 0.4) is 0 Å². The predicted octanol–water partition coefficient (Wildman–Crippen LogP) is 6.14. The van der Waals surface area contributed by atoms with Crippen LogP contribution in [0, 0.1) is 12.7 Å². The second kappa shape index (κ2) is 9.15. The molecule has 170 valence electrons. The quantitative estimate of drug-likeness (QED) is 0.343. The van der Waals surface area contributed by atoms with Crippen molar-refractivity contribution in [1.29, 1.82) is 0 Å². The van der Waals surface area contributed by atoms with E-state index in [4.69, 9.17) is 0 Å². The van der Waals surface area contributed by atoms with Crippen molar-refractivity contribution in [1.82, 2.24) is 9.97 Å². The summed E-state index contributed by atoms with van der Waals surface area (Å²) in [6.45, 7) is 5.85. The summed E-state index contributed by atoms with van der Waals surface area (Å²) in [5.74, 6) is 0.276. The lowest BCUT2D eigenvalue weighted by Crippen LogP contribution is -2.17. The van der Waals surface area contributed by atoms with Gasteiger partial charge in [-0.1, -0.05) is 38.1 Å². The number of nitrogens with one attached hydrogen (secondary N) is 2. The van der Waals surface area contributed by atoms with Crippen LogP contribution in [-0.2, 0) is 10.0 Å². The predicted molar refractivity (Wildman–Crippen MR) is 130 cm³/mol. The molecule has 0 aliphatic rings. The number of anilines is 3. The number of fused-ring (bicyclic) bond motifs is 1. The lowest BCUT2D eigenvalue weighted by molar-refractivity contribution is 0.598. The van der Waals surface area contributed by atoms with Gasteiger partial charge >= 0.3 is 0 Å². The zero-order chi connectivity index (χ0) is 23.6. The smallest absolute Gasteiger partial charge is 0.263 e. The Kier molecular flexibility index (Phi) is 6.29. The number of halogens is 1. The van der Waals surface area contributed by atoms with Crippen LogP contribution in [0.5, 0.6) is 0 Å². The maximum Gasteiger partial charge on any atom is 0.263 e. The molecule has 6 nitrogen and oxygen atoms in total. The topological polar surface area (TPSA) is 84.0 Å². The number of aryl methyl sites for hydroxylation is 1. The molecule has 0 fully saturated rings. The van der Waals surface area contributed by atoms with E-state index in [0.717, 1.165) is 18.2 Å². The molecule has 0 spiro atoms. The van der Waals surface area contributed by atoms with Crippen LogP contribution in [0.2, 0.25) is 0 Å². The normalized spacial score (nSPS) is 12.5. The third-order valence-corrected chi connectivity index (χ3v) is 7.08. The van der Waals surface area contributed by atoms with E-state index in [2.05, 4.69) is 33.9 Å². The number of para-hydroxylation sites is 2. The summed E-state index contributed by atoms with van der Waals surface area (Å²) in [5, 5.41) is 3.19. The van der Waals surface area contributed by atoms with Gasteiger partial charge in [-0.2, -0.15) is 0 Å². The number of hydrogen-bond acceptors (Lipinski definition) is 5. The van der Waals surface area contributed by atoms with E-state index in [9.17, 15) is 12.8 Å². The lowest BCUT2D eigenvalue weighted by atomic mass is 9.99. The fourth-order valence-corrected chi connectivity index (χ4v) is 4.76. The summed E-state index contributed by atoms with van der Waals surface area (Å²) in [5.41, 5.74) is 3.44. The van der Waals surface area contributed by atoms with Gasteiger partial charge in [0, 0.05) is 5.69 Å². The summed E-state index contributed by atoms with van der Waals surface area (Å²) in [6, 6.07) is 18.7. The zero-order valence-corrected chi connectivity index (χ0v) is 19.4. The molecule has 0 unspecified atom stereocenters. The van der Waals surface area contributed by atoms with E-state index >= 15 is 0 Å². The summed E-state index contributed by atoms with van der Waals surface area (Å²) in [4.78, 5) is 9.07. The first kappa shape index (κ1) is 22.7. The molecule has 0 amide bonds. The average Bonchev–Trinajstić information content (AvgIpc) is 2.79. The van der Waals surface area contributed by atoms with Gasteiger partial charge in [0.05, 0.1) is 15.9 Å². The van der Waals surface area contributed by atoms with Crippen LogP contribution in [0.25, 0.3) is 11.0 Å². The SMILES string of the molecule is CC[C@@H](C)c1ccc(Nc2nc3ccccc3nc2NS(=O)(=O)c2ccc(F)cc2C)cc1. The first-order valence-electron chi connectivity index (χ1n) is 10.7. The molecule has 4 aromatic rings. The van der Waals surface area contributed by atoms with E-state index in [0.29, 0.717) is 22.5 Å². The molecule has 0 aliphatic carbocycles. The number of sulfonamides is 1. The molecular weight excluding hydrogens is 439 g/mol. The van der Waals surface area contributed by atoms with Crippen LogP contribution in [0.4, 0.5) is 21.7 Å². The molecule has 2 N–H and O–H groups in total. The minimum atomic E-state index is -4.02. The van der Waals surface area contributed by atoms with E-state index < -0.39 is 15.8 Å². The number of rotatable bonds is 7. The van der Waals surface area contributed by atoms with Crippen LogP contribution < -0.4 is 10.0 Å². The van der Waals surface area contributed by atoms with Crippen molar-refractivity contribution in [3.63, 3.8) is 0 Å². The van der Waals surface area contributed by atoms with Crippen LogP contribution in [0.15, 0.2) is 71.6 Å². The summed E-state index contributed by atoms with van der Waals surface area (Å²) < 4.78 is 42.2. The Morgan fingerprint density at radius 2 is 1.58 bits per heavy atom. The Hall–Kier alpha value is -3.52. The Morgan fingerprint density at radius 1 is 0.939 bits per heavy atom. The molecule has 1 atom stereocenters. The molecule has 1 aromatic heterocycles. The summed E-state index contributed by atoms with van der Waals surface area (Å²) >= 11 is 0. The average molecular weight is 465 g/mol. The Morgan fingerprint density at radius 3 is 2.18 bits per heavy atom. The van der Waals surface area contributed by atoms with Crippen molar-refractivity contribution in [3.05, 3.63) is 83.7 Å². The number of benzene rings is 3. The van der Waals surface area contributed by atoms with Gasteiger partial charge in [-0.3, -0.25) is 4.72 Å². The van der Waals surface area contributed by atoms with Crippen LogP contribution in [0.1, 0.15) is 37.3 Å². The maximum absolute atomic E-state index is 13.5. The van der Waals surface area contributed by atoms with E-state index in [1.54, 1.807) is 19.1 Å². The molecule has 0 aliphatic heterocycles. The molecule has 3 aromatic carbocycles. The highest BCUT2D eigenvalue weighted by Gasteiger charge is 2.21. The minimum Gasteiger partial charge on any atom is -0.337 e. The molecule has 0 radical (unpaired) electrons. The Bertz CT molecular complexity index is 1410. The highest BCUT2D eigenvalue weighted by molar-refractivity contribution is 7.92. The van der Waals surface area contributed by atoms with Crippen molar-refractivity contribution in [2.45, 2.75) is 38.0 Å². The molecule has 1 heterocycles. The van der Waals surface area contributed by atoms with Gasteiger partial charge in [-0.15, -0.1) is 0 Å². The highest BCUT2D eigenvalue weighted by Crippen LogP contribution is 2.29. The molecular formula is C25H25FN4O2S. The molecule has 0 saturated heterocycles. The maximum atomic E-state index is 13.5. The van der Waals surface area contributed by atoms with Crippen molar-refractivity contribution < 1.29 is 12.8 Å². The fourth-order valence-electron chi connectivity index (χ4n) is 3.52. The third kappa shape index (κ3) is 4.96. The van der Waals surface area contributed by atoms with Gasteiger partial charge < -0.3 is 5.32 Å². The van der Waals surface area contributed by atoms with Gasteiger partial charge in [0.1, 0.15) is 5.82 Å². The second-order valence-corrected chi connectivity index (χ2v) is 9.63. The number of hydrogen-bond donors (Lipinski definition) is 2. The molecule has 0 saturated carbocycles. The molecule has 4 rings (SSSR count). The van der Waals surface area contributed by atoms with Crippen LogP contribution >= 0.6 is 0 Å². The molecule has 33 heavy (non-hydrogen) atoms. The van der Waals surface area contributed by atoms with Gasteiger partial charge in [-0.25, -0.2) is 22.8 Å². The first-order chi connectivity index (χ1) is 15.8. The van der Waals surface area contributed by atoms with Gasteiger partial charge in [-0.05, 0) is 72.9 Å². The molecule has 8 heteroatoms. The van der Waals surface area contributed by atoms with Crippen molar-refractivity contribution in [3.8, 4) is 0 Å². The Balaban J connectivity index is 1.73. The molecule has 0 bridgehead atoms.